The second-order valence-electron chi connectivity index (χ2n) is 4.73. The molecule has 0 aliphatic rings. The van der Waals surface area contributed by atoms with Crippen molar-refractivity contribution < 1.29 is 19.4 Å². The van der Waals surface area contributed by atoms with E-state index in [1.807, 2.05) is 0 Å². The van der Waals surface area contributed by atoms with E-state index >= 15 is 0 Å². The van der Waals surface area contributed by atoms with Gasteiger partial charge in [-0.2, -0.15) is 0 Å². The van der Waals surface area contributed by atoms with Crippen LogP contribution in [-0.4, -0.2) is 29.7 Å². The molecule has 0 spiro atoms. The first-order chi connectivity index (χ1) is 11.4. The number of rotatable bonds is 6. The number of carbonyl (C=O) groups excluding carboxylic acids is 1. The van der Waals surface area contributed by atoms with E-state index < -0.39 is 11.3 Å². The molecule has 1 atom stereocenters. The van der Waals surface area contributed by atoms with Gasteiger partial charge in [0.1, 0.15) is 24.3 Å². The standard InChI is InChI=1S/C16H12Cl4O4/c17-9(7-23-15-13(19)5-10(21)6-14(15)20)8-24-16(22)11-3-1-2-4-12(11)18/h1-6,9,21H,7-8H2. The Labute approximate surface area is 158 Å². The molecule has 2 aromatic carbocycles. The molecule has 24 heavy (non-hydrogen) atoms. The number of esters is 1. The first-order valence-electron chi connectivity index (χ1n) is 6.75. The Kier molecular flexibility index (Phi) is 6.87. The van der Waals surface area contributed by atoms with Gasteiger partial charge < -0.3 is 14.6 Å². The first kappa shape index (κ1) is 19.0. The van der Waals surface area contributed by atoms with Crippen molar-refractivity contribution in [3.8, 4) is 11.5 Å². The zero-order valence-corrected chi connectivity index (χ0v) is 15.2. The zero-order chi connectivity index (χ0) is 17.7. The van der Waals surface area contributed by atoms with Crippen LogP contribution in [0.25, 0.3) is 0 Å². The van der Waals surface area contributed by atoms with Gasteiger partial charge in [0.25, 0.3) is 0 Å². The highest BCUT2D eigenvalue weighted by Crippen LogP contribution is 2.36. The van der Waals surface area contributed by atoms with Crippen molar-refractivity contribution >= 4 is 52.4 Å². The number of hydrogen-bond acceptors (Lipinski definition) is 4. The van der Waals surface area contributed by atoms with E-state index in [4.69, 9.17) is 55.9 Å². The molecule has 2 rings (SSSR count). The Balaban J connectivity index is 1.87. The van der Waals surface area contributed by atoms with E-state index in [9.17, 15) is 9.90 Å². The molecule has 0 fully saturated rings. The van der Waals surface area contributed by atoms with E-state index in [2.05, 4.69) is 0 Å². The lowest BCUT2D eigenvalue weighted by Crippen LogP contribution is -2.21. The van der Waals surface area contributed by atoms with Crippen LogP contribution in [0.1, 0.15) is 10.4 Å². The van der Waals surface area contributed by atoms with Crippen LogP contribution < -0.4 is 4.74 Å². The van der Waals surface area contributed by atoms with E-state index in [0.29, 0.717) is 5.02 Å². The van der Waals surface area contributed by atoms with Gasteiger partial charge in [0.05, 0.1) is 20.6 Å². The lowest BCUT2D eigenvalue weighted by Gasteiger charge is -2.14. The second kappa shape index (κ2) is 8.67. The fourth-order valence-corrected chi connectivity index (χ4v) is 2.70. The molecule has 0 saturated heterocycles. The summed E-state index contributed by atoms with van der Waals surface area (Å²) in [6.45, 7) is -0.0828. The summed E-state index contributed by atoms with van der Waals surface area (Å²) in [5.74, 6) is -0.459. The molecule has 0 bridgehead atoms. The number of halogens is 4. The number of hydrogen-bond donors (Lipinski definition) is 1. The third-order valence-corrected chi connectivity index (χ3v) is 4.02. The maximum Gasteiger partial charge on any atom is 0.339 e. The summed E-state index contributed by atoms with van der Waals surface area (Å²) in [5.41, 5.74) is 0.258. The molecule has 0 heterocycles. The number of ether oxygens (including phenoxy) is 2. The van der Waals surface area contributed by atoms with Gasteiger partial charge in [-0.25, -0.2) is 4.79 Å². The highest BCUT2D eigenvalue weighted by Gasteiger charge is 2.16. The number of alkyl halides is 1. The van der Waals surface area contributed by atoms with Gasteiger partial charge in [0.15, 0.2) is 5.75 Å². The minimum atomic E-state index is -0.627. The molecule has 0 aliphatic heterocycles. The monoisotopic (exact) mass is 408 g/mol. The van der Waals surface area contributed by atoms with Crippen LogP contribution in [0.2, 0.25) is 15.1 Å². The fourth-order valence-electron chi connectivity index (χ4n) is 1.78. The summed E-state index contributed by atoms with van der Waals surface area (Å²) in [7, 11) is 0. The summed E-state index contributed by atoms with van der Waals surface area (Å²) in [6, 6.07) is 9.13. The maximum atomic E-state index is 11.9. The van der Waals surface area contributed by atoms with Crippen LogP contribution in [0.4, 0.5) is 0 Å². The van der Waals surface area contributed by atoms with E-state index in [0.717, 1.165) is 0 Å². The van der Waals surface area contributed by atoms with Crippen LogP contribution in [0.3, 0.4) is 0 Å². The fraction of sp³-hybridized carbons (Fsp3) is 0.188. The molecule has 4 nitrogen and oxygen atoms in total. The smallest absolute Gasteiger partial charge is 0.339 e. The van der Waals surface area contributed by atoms with Crippen LogP contribution in [0, 0.1) is 0 Å². The molecule has 128 valence electrons. The summed E-state index contributed by atoms with van der Waals surface area (Å²) >= 11 is 23.8. The number of phenolic OH excluding ortho intramolecular Hbond substituents is 1. The molecule has 1 N–H and O–H groups in total. The molecule has 0 aliphatic carbocycles. The van der Waals surface area contributed by atoms with Crippen molar-refractivity contribution in [3.05, 3.63) is 57.0 Å². The highest BCUT2D eigenvalue weighted by molar-refractivity contribution is 6.37. The predicted molar refractivity (Wildman–Crippen MR) is 95.0 cm³/mol. The van der Waals surface area contributed by atoms with Crippen molar-refractivity contribution in [1.82, 2.24) is 0 Å². The topological polar surface area (TPSA) is 55.8 Å². The third-order valence-electron chi connectivity index (χ3n) is 2.88. The van der Waals surface area contributed by atoms with E-state index in [1.165, 1.54) is 12.1 Å². The van der Waals surface area contributed by atoms with Gasteiger partial charge in [0.2, 0.25) is 0 Å². The Bertz CT molecular complexity index is 713. The predicted octanol–water partition coefficient (Wildman–Crippen LogP) is 5.20. The average Bonchev–Trinajstić information content (AvgIpc) is 2.52. The van der Waals surface area contributed by atoms with Crippen molar-refractivity contribution in [1.29, 1.82) is 0 Å². The van der Waals surface area contributed by atoms with Crippen LogP contribution in [0.5, 0.6) is 11.5 Å². The van der Waals surface area contributed by atoms with Crippen molar-refractivity contribution in [3.63, 3.8) is 0 Å². The van der Waals surface area contributed by atoms with Gasteiger partial charge in [-0.05, 0) is 12.1 Å². The minimum Gasteiger partial charge on any atom is -0.508 e. The summed E-state index contributed by atoms with van der Waals surface area (Å²) in [5, 5.41) is 9.32. The van der Waals surface area contributed by atoms with Crippen LogP contribution in [-0.2, 0) is 4.74 Å². The lowest BCUT2D eigenvalue weighted by atomic mass is 10.2. The third kappa shape index (κ3) is 5.08. The van der Waals surface area contributed by atoms with Gasteiger partial charge in [0, 0.05) is 12.1 Å². The molecular weight excluding hydrogens is 398 g/mol. The number of carbonyl (C=O) groups is 1. The van der Waals surface area contributed by atoms with Crippen molar-refractivity contribution in [2.75, 3.05) is 13.2 Å². The summed E-state index contributed by atoms with van der Waals surface area (Å²) < 4.78 is 10.5. The van der Waals surface area contributed by atoms with Crippen molar-refractivity contribution in [2.24, 2.45) is 0 Å². The molecule has 1 unspecified atom stereocenters. The van der Waals surface area contributed by atoms with Crippen molar-refractivity contribution in [2.45, 2.75) is 5.38 Å². The quantitative estimate of drug-likeness (QED) is 0.526. The van der Waals surface area contributed by atoms with E-state index in [1.54, 1.807) is 24.3 Å². The van der Waals surface area contributed by atoms with Crippen LogP contribution in [0.15, 0.2) is 36.4 Å². The molecule has 0 amide bonds. The first-order valence-corrected chi connectivity index (χ1v) is 8.32. The molecule has 2 aromatic rings. The Morgan fingerprint density at radius 1 is 1.04 bits per heavy atom. The zero-order valence-electron chi connectivity index (χ0n) is 12.1. The van der Waals surface area contributed by atoms with Gasteiger partial charge in [-0.15, -0.1) is 11.6 Å². The molecular formula is C16H12Cl4O4. The number of aromatic hydroxyl groups is 1. The molecule has 0 saturated carbocycles. The lowest BCUT2D eigenvalue weighted by molar-refractivity contribution is 0.0491. The van der Waals surface area contributed by atoms with Crippen LogP contribution >= 0.6 is 46.4 Å². The number of benzene rings is 2. The summed E-state index contributed by atoms with van der Waals surface area (Å²) in [6.07, 6.45) is 0. The SMILES string of the molecule is O=C(OCC(Cl)COc1c(Cl)cc(O)cc1Cl)c1ccccc1Cl. The van der Waals surface area contributed by atoms with Gasteiger partial charge in [-0.1, -0.05) is 46.9 Å². The summed E-state index contributed by atoms with van der Waals surface area (Å²) in [4.78, 5) is 11.9. The second-order valence-corrected chi connectivity index (χ2v) is 6.56. The van der Waals surface area contributed by atoms with Gasteiger partial charge in [-0.3, -0.25) is 0 Å². The largest absolute Gasteiger partial charge is 0.508 e. The molecule has 0 radical (unpaired) electrons. The Morgan fingerprint density at radius 3 is 2.29 bits per heavy atom. The molecule has 0 aromatic heterocycles. The highest BCUT2D eigenvalue weighted by atomic mass is 35.5. The maximum absolute atomic E-state index is 11.9. The van der Waals surface area contributed by atoms with Gasteiger partial charge >= 0.3 is 5.97 Å². The Hall–Kier alpha value is -1.33. The minimum absolute atomic E-state index is 0.00156. The molecule has 8 heteroatoms. The normalized spacial score (nSPS) is 11.8. The van der Waals surface area contributed by atoms with E-state index in [-0.39, 0.29) is 40.3 Å². The number of phenols is 1. The average molecular weight is 410 g/mol. The Morgan fingerprint density at radius 2 is 1.67 bits per heavy atom.